The molecule has 2 N–H and O–H groups in total. The molecule has 0 radical (unpaired) electrons. The maximum absolute atomic E-state index is 12.9. The van der Waals surface area contributed by atoms with Crippen molar-refractivity contribution in [2.45, 2.75) is 39.3 Å². The first-order valence-corrected chi connectivity index (χ1v) is 17.5. The normalized spacial score (nSPS) is 12.2. The molecule has 4 heterocycles. The number of rotatable bonds is 10. The summed E-state index contributed by atoms with van der Waals surface area (Å²) in [5, 5.41) is 17.7. The number of nitrogens with zero attached hydrogens (tertiary/aromatic N) is 4. The van der Waals surface area contributed by atoms with Gasteiger partial charge in [-0.1, -0.05) is 60.7 Å². The highest BCUT2D eigenvalue weighted by molar-refractivity contribution is 7.10. The van der Waals surface area contributed by atoms with Crippen molar-refractivity contribution in [2.24, 2.45) is 0 Å². The number of benzene rings is 2. The summed E-state index contributed by atoms with van der Waals surface area (Å²) >= 11 is 3.28. The van der Waals surface area contributed by atoms with Gasteiger partial charge in [-0.05, 0) is 83.5 Å². The quantitative estimate of drug-likeness (QED) is 0.143. The van der Waals surface area contributed by atoms with Gasteiger partial charge in [0, 0.05) is 28.1 Å². The number of aromatic nitrogens is 4. The Morgan fingerprint density at radius 1 is 0.771 bits per heavy atom. The maximum atomic E-state index is 12.9. The number of aryl methyl sites for hydroxylation is 3. The molecule has 7 rings (SSSR count). The summed E-state index contributed by atoms with van der Waals surface area (Å²) in [6.07, 6.45) is 15.6. The van der Waals surface area contributed by atoms with E-state index in [0.29, 0.717) is 13.1 Å². The van der Waals surface area contributed by atoms with Crippen molar-refractivity contribution in [3.8, 4) is 0 Å². The second-order valence-electron chi connectivity index (χ2n) is 11.3. The molecule has 0 fully saturated rings. The number of fused-ring (bicyclic) bond motifs is 1. The van der Waals surface area contributed by atoms with Crippen molar-refractivity contribution < 1.29 is 9.59 Å². The van der Waals surface area contributed by atoms with Crippen LogP contribution in [-0.2, 0) is 35.5 Å². The largest absolute Gasteiger partial charge is 0.301 e. The van der Waals surface area contributed by atoms with E-state index in [1.54, 1.807) is 63.2 Å². The molecule has 0 bridgehead atoms. The minimum atomic E-state index is -0.0707. The molecule has 4 aromatic heterocycles. The highest BCUT2D eigenvalue weighted by Gasteiger charge is 2.19. The van der Waals surface area contributed by atoms with Crippen LogP contribution in [0.1, 0.15) is 44.1 Å². The van der Waals surface area contributed by atoms with Gasteiger partial charge in [0.2, 0.25) is 0 Å². The number of thiophene rings is 2. The molecule has 0 saturated heterocycles. The number of nitrogens with one attached hydrogen (secondary N) is 2. The van der Waals surface area contributed by atoms with E-state index in [9.17, 15) is 9.59 Å². The van der Waals surface area contributed by atoms with Gasteiger partial charge in [-0.3, -0.25) is 19.8 Å². The third-order valence-electron chi connectivity index (χ3n) is 7.97. The third kappa shape index (κ3) is 8.52. The van der Waals surface area contributed by atoms with Crippen LogP contribution in [0.5, 0.6) is 0 Å². The zero-order valence-electron chi connectivity index (χ0n) is 26.6. The SMILES string of the molecule is Cc1[nH]ncc1N(Cc1cccs1)C(=O)/C=C/c1ccc2c(c1)CCC2.O=C(/C=C/c1ccccc1)N(Cc1cccs1)c1cn[nH]c1. The zero-order chi connectivity index (χ0) is 33.1. The number of anilines is 2. The van der Waals surface area contributed by atoms with E-state index in [1.807, 2.05) is 84.4 Å². The smallest absolute Gasteiger partial charge is 0.251 e. The number of carbonyl (C=O) groups is 2. The van der Waals surface area contributed by atoms with Crippen LogP contribution in [-0.4, -0.2) is 32.2 Å². The number of H-pyrrole nitrogens is 2. The van der Waals surface area contributed by atoms with Crippen LogP contribution in [0.3, 0.4) is 0 Å². The van der Waals surface area contributed by atoms with E-state index < -0.39 is 0 Å². The van der Waals surface area contributed by atoms with Gasteiger partial charge >= 0.3 is 0 Å². The van der Waals surface area contributed by atoms with Crippen LogP contribution in [0.2, 0.25) is 0 Å². The Morgan fingerprint density at radius 2 is 1.46 bits per heavy atom. The topological polar surface area (TPSA) is 98.0 Å². The van der Waals surface area contributed by atoms with E-state index in [0.717, 1.165) is 44.4 Å². The summed E-state index contributed by atoms with van der Waals surface area (Å²) in [4.78, 5) is 31.2. The molecule has 242 valence electrons. The van der Waals surface area contributed by atoms with E-state index in [1.165, 1.54) is 24.0 Å². The van der Waals surface area contributed by atoms with Crippen LogP contribution in [0, 0.1) is 6.92 Å². The molecule has 0 atom stereocenters. The van der Waals surface area contributed by atoms with Gasteiger partial charge in [0.1, 0.15) is 0 Å². The van der Waals surface area contributed by atoms with Crippen molar-refractivity contribution in [1.82, 2.24) is 20.4 Å². The Bertz CT molecular complexity index is 1960. The standard InChI is InChI=1S/C21H21N3OS.C17H15N3OS/c1-15-20(13-22-23-15)24(14-19-6-3-11-26-19)21(25)10-8-16-7-9-17-4-2-5-18(17)12-16;21-17(9-8-14-5-2-1-3-6-14)20(15-11-18-19-12-15)13-16-7-4-10-22-16/h3,6-13H,2,4-5,14H2,1H3,(H,22,23);1-12H,13H2,(H,18,19)/b10-8+;9-8+. The van der Waals surface area contributed by atoms with Gasteiger partial charge in [0.15, 0.2) is 0 Å². The molecule has 48 heavy (non-hydrogen) atoms. The predicted octanol–water partition coefficient (Wildman–Crippen LogP) is 8.23. The second-order valence-corrected chi connectivity index (χ2v) is 13.4. The van der Waals surface area contributed by atoms with Crippen molar-refractivity contribution >= 4 is 58.0 Å². The minimum absolute atomic E-state index is 0.0385. The fourth-order valence-corrected chi connectivity index (χ4v) is 6.86. The van der Waals surface area contributed by atoms with Crippen LogP contribution in [0.25, 0.3) is 12.2 Å². The Hall–Kier alpha value is -5.32. The summed E-state index contributed by atoms with van der Waals surface area (Å²) < 4.78 is 0. The molecule has 10 heteroatoms. The van der Waals surface area contributed by atoms with E-state index >= 15 is 0 Å². The molecule has 1 aliphatic carbocycles. The second kappa shape index (κ2) is 16.0. The van der Waals surface area contributed by atoms with Gasteiger partial charge in [-0.2, -0.15) is 10.2 Å². The van der Waals surface area contributed by atoms with Crippen LogP contribution < -0.4 is 9.80 Å². The first kappa shape index (κ1) is 32.6. The van der Waals surface area contributed by atoms with E-state index in [-0.39, 0.29) is 11.8 Å². The van der Waals surface area contributed by atoms with E-state index in [4.69, 9.17) is 0 Å². The first-order valence-electron chi connectivity index (χ1n) is 15.7. The van der Waals surface area contributed by atoms with E-state index in [2.05, 4.69) is 38.6 Å². The van der Waals surface area contributed by atoms with Gasteiger partial charge in [-0.25, -0.2) is 0 Å². The lowest BCUT2D eigenvalue weighted by Gasteiger charge is -2.19. The van der Waals surface area contributed by atoms with Crippen LogP contribution in [0.4, 0.5) is 11.4 Å². The number of hydrogen-bond acceptors (Lipinski definition) is 6. The monoisotopic (exact) mass is 672 g/mol. The van der Waals surface area contributed by atoms with Crippen molar-refractivity contribution in [3.63, 3.8) is 0 Å². The molecule has 2 amide bonds. The average molecular weight is 673 g/mol. The van der Waals surface area contributed by atoms with Gasteiger partial charge in [0.25, 0.3) is 11.8 Å². The van der Waals surface area contributed by atoms with Gasteiger partial charge in [-0.15, -0.1) is 22.7 Å². The molecule has 8 nitrogen and oxygen atoms in total. The third-order valence-corrected chi connectivity index (χ3v) is 9.69. The van der Waals surface area contributed by atoms with Crippen LogP contribution in [0.15, 0.2) is 114 Å². The Morgan fingerprint density at radius 3 is 2.10 bits per heavy atom. The summed E-state index contributed by atoms with van der Waals surface area (Å²) in [5.74, 6) is -0.109. The lowest BCUT2D eigenvalue weighted by molar-refractivity contribution is -0.115. The summed E-state index contributed by atoms with van der Waals surface area (Å²) in [6.45, 7) is 3.02. The molecule has 0 saturated carbocycles. The molecule has 0 unspecified atom stereocenters. The number of hydrogen-bond donors (Lipinski definition) is 2. The van der Waals surface area contributed by atoms with Crippen molar-refractivity contribution in [1.29, 1.82) is 0 Å². The molecule has 0 aliphatic heterocycles. The predicted molar refractivity (Wildman–Crippen MR) is 196 cm³/mol. The maximum Gasteiger partial charge on any atom is 0.251 e. The fourth-order valence-electron chi connectivity index (χ4n) is 5.48. The van der Waals surface area contributed by atoms with Crippen molar-refractivity contribution in [3.05, 3.63) is 152 Å². The Labute approximate surface area is 288 Å². The number of amides is 2. The Balaban J connectivity index is 0.000000170. The van der Waals surface area contributed by atoms with Crippen LogP contribution >= 0.6 is 22.7 Å². The number of carbonyl (C=O) groups excluding carboxylic acids is 2. The van der Waals surface area contributed by atoms with Crippen molar-refractivity contribution in [2.75, 3.05) is 9.80 Å². The highest BCUT2D eigenvalue weighted by atomic mass is 32.1. The molecular weight excluding hydrogens is 637 g/mol. The molecule has 1 aliphatic rings. The average Bonchev–Trinajstić information content (AvgIpc) is 3.96. The molecular formula is C38H36N6O2S2. The zero-order valence-corrected chi connectivity index (χ0v) is 28.2. The molecule has 6 aromatic rings. The number of aromatic amines is 2. The highest BCUT2D eigenvalue weighted by Crippen LogP contribution is 2.25. The molecule has 0 spiro atoms. The van der Waals surface area contributed by atoms with Gasteiger partial charge < -0.3 is 9.80 Å². The summed E-state index contributed by atoms with van der Waals surface area (Å²) in [6, 6.07) is 24.3. The minimum Gasteiger partial charge on any atom is -0.301 e. The summed E-state index contributed by atoms with van der Waals surface area (Å²) in [7, 11) is 0. The fraction of sp³-hybridized carbons (Fsp3) is 0.158. The summed E-state index contributed by atoms with van der Waals surface area (Å²) in [5.41, 5.74) is 7.42. The lowest BCUT2D eigenvalue weighted by Crippen LogP contribution is -2.28. The first-order chi connectivity index (χ1) is 23.5. The Kier molecular flexibility index (Phi) is 10.9. The lowest BCUT2D eigenvalue weighted by atomic mass is 10.1. The van der Waals surface area contributed by atoms with Gasteiger partial charge in [0.05, 0.1) is 42.6 Å². The molecule has 2 aromatic carbocycles.